The van der Waals surface area contributed by atoms with Gasteiger partial charge in [-0.15, -0.1) is 11.3 Å². The minimum atomic E-state index is -1.26. The second-order valence-electron chi connectivity index (χ2n) is 7.47. The molecule has 0 radical (unpaired) electrons. The maximum Gasteiger partial charge on any atom is 0.410 e. The molecule has 1 aliphatic rings. The summed E-state index contributed by atoms with van der Waals surface area (Å²) in [6, 6.07) is -0.917. The Labute approximate surface area is 172 Å². The van der Waals surface area contributed by atoms with Crippen LogP contribution in [0.2, 0.25) is 0 Å². The monoisotopic (exact) mass is 427 g/mol. The number of amides is 3. The van der Waals surface area contributed by atoms with Crippen LogP contribution in [-0.4, -0.2) is 65.4 Å². The van der Waals surface area contributed by atoms with Gasteiger partial charge < -0.3 is 24.8 Å². The van der Waals surface area contributed by atoms with Crippen molar-refractivity contribution >= 4 is 40.4 Å². The van der Waals surface area contributed by atoms with E-state index in [-0.39, 0.29) is 46.7 Å². The molecule has 0 spiro atoms. The van der Waals surface area contributed by atoms with E-state index in [0.717, 1.165) is 11.3 Å². The lowest BCUT2D eigenvalue weighted by Gasteiger charge is -2.39. The van der Waals surface area contributed by atoms with Gasteiger partial charge in [-0.05, 0) is 40.2 Å². The summed E-state index contributed by atoms with van der Waals surface area (Å²) in [5.41, 5.74) is -0.526. The first-order chi connectivity index (χ1) is 13.4. The summed E-state index contributed by atoms with van der Waals surface area (Å²) in [6.07, 6.45) is -0.461. The van der Waals surface area contributed by atoms with Crippen LogP contribution in [0.4, 0.5) is 14.6 Å². The van der Waals surface area contributed by atoms with Crippen LogP contribution in [0.15, 0.2) is 0 Å². The fourth-order valence-corrected chi connectivity index (χ4v) is 3.71. The Morgan fingerprint density at radius 1 is 1.24 bits per heavy atom. The fraction of sp³-hybridized carbons (Fsp3) is 0.556. The Balaban J connectivity index is 1.98. The number of hydrogen-bond donors (Lipinski definition) is 3. The molecule has 0 saturated carbocycles. The van der Waals surface area contributed by atoms with Gasteiger partial charge in [-0.1, -0.05) is 0 Å². The molecule has 2 rings (SSSR count). The zero-order valence-electron chi connectivity index (χ0n) is 17.0. The number of ether oxygens (including phenoxy) is 2. The van der Waals surface area contributed by atoms with Crippen molar-refractivity contribution in [3.8, 4) is 0 Å². The number of thiophene rings is 1. The highest BCUT2D eigenvalue weighted by molar-refractivity contribution is 7.18. The van der Waals surface area contributed by atoms with Gasteiger partial charge in [-0.2, -0.15) is 0 Å². The number of carbonyl (C=O) groups is 4. The van der Waals surface area contributed by atoms with Crippen molar-refractivity contribution in [1.29, 1.82) is 0 Å². The van der Waals surface area contributed by atoms with Crippen LogP contribution >= 0.6 is 11.3 Å². The van der Waals surface area contributed by atoms with Crippen LogP contribution in [0.3, 0.4) is 0 Å². The van der Waals surface area contributed by atoms with E-state index in [4.69, 9.17) is 9.47 Å². The number of anilines is 1. The third kappa shape index (κ3) is 5.59. The predicted molar refractivity (Wildman–Crippen MR) is 106 cm³/mol. The van der Waals surface area contributed by atoms with Gasteiger partial charge in [-0.3, -0.25) is 5.32 Å². The zero-order valence-corrected chi connectivity index (χ0v) is 17.8. The lowest BCUT2D eigenvalue weighted by molar-refractivity contribution is 0.00646. The van der Waals surface area contributed by atoms with Crippen LogP contribution in [0, 0.1) is 6.92 Å². The van der Waals surface area contributed by atoms with Crippen molar-refractivity contribution in [2.24, 2.45) is 0 Å². The molecule has 10 nitrogen and oxygen atoms in total. The summed E-state index contributed by atoms with van der Waals surface area (Å²) in [4.78, 5) is 49.3. The third-order valence-electron chi connectivity index (χ3n) is 3.92. The topological polar surface area (TPSA) is 134 Å². The third-order valence-corrected chi connectivity index (χ3v) is 5.10. The number of aromatic carboxylic acids is 1. The molecule has 0 aliphatic carbocycles. The maximum atomic E-state index is 12.3. The van der Waals surface area contributed by atoms with Crippen molar-refractivity contribution in [3.63, 3.8) is 0 Å². The van der Waals surface area contributed by atoms with E-state index < -0.39 is 29.7 Å². The molecule has 11 heteroatoms. The largest absolute Gasteiger partial charge is 0.478 e. The maximum absolute atomic E-state index is 12.3. The standard InChI is InChI=1S/C18H25N3O7S/c1-6-27-15(24)12-9(2)11(14(22)23)13(29-12)20-16(25)19-10-7-21(8-10)17(26)28-18(3,4)5/h10H,6-8H2,1-5H3,(H,22,23)(H2,19,20,25). The number of carboxylic acids is 1. The lowest BCUT2D eigenvalue weighted by atomic mass is 10.1. The number of urea groups is 1. The van der Waals surface area contributed by atoms with Gasteiger partial charge in [0.15, 0.2) is 0 Å². The molecular weight excluding hydrogens is 402 g/mol. The summed E-state index contributed by atoms with van der Waals surface area (Å²) < 4.78 is 10.2. The quantitative estimate of drug-likeness (QED) is 0.615. The Hall–Kier alpha value is -2.82. The average Bonchev–Trinajstić information content (AvgIpc) is 2.85. The molecule has 3 amide bonds. The number of rotatable bonds is 5. The summed E-state index contributed by atoms with van der Waals surface area (Å²) >= 11 is 0.843. The normalized spacial score (nSPS) is 14.0. The molecule has 0 bridgehead atoms. The first kappa shape index (κ1) is 22.5. The van der Waals surface area contributed by atoms with E-state index in [1.165, 1.54) is 11.8 Å². The van der Waals surface area contributed by atoms with Crippen molar-refractivity contribution in [3.05, 3.63) is 16.0 Å². The smallest absolute Gasteiger partial charge is 0.410 e. The van der Waals surface area contributed by atoms with Crippen molar-refractivity contribution in [2.75, 3.05) is 25.0 Å². The number of hydrogen-bond acceptors (Lipinski definition) is 7. The highest BCUT2D eigenvalue weighted by Crippen LogP contribution is 2.33. The van der Waals surface area contributed by atoms with Crippen LogP contribution < -0.4 is 10.6 Å². The van der Waals surface area contributed by atoms with Crippen molar-refractivity contribution < 1.29 is 33.8 Å². The highest BCUT2D eigenvalue weighted by atomic mass is 32.1. The van der Waals surface area contributed by atoms with Gasteiger partial charge in [-0.25, -0.2) is 19.2 Å². The van der Waals surface area contributed by atoms with Gasteiger partial charge in [0.1, 0.15) is 15.5 Å². The molecule has 1 aliphatic heterocycles. The molecule has 0 unspecified atom stereocenters. The Morgan fingerprint density at radius 3 is 2.38 bits per heavy atom. The minimum Gasteiger partial charge on any atom is -0.478 e. The number of carbonyl (C=O) groups excluding carboxylic acids is 3. The van der Waals surface area contributed by atoms with Crippen molar-refractivity contribution in [1.82, 2.24) is 10.2 Å². The number of nitrogens with one attached hydrogen (secondary N) is 2. The van der Waals surface area contributed by atoms with Gasteiger partial charge >= 0.3 is 24.1 Å². The summed E-state index contributed by atoms with van der Waals surface area (Å²) in [6.45, 7) is 9.14. The Morgan fingerprint density at radius 2 is 1.86 bits per heavy atom. The van der Waals surface area contributed by atoms with Crippen LogP contribution in [0.25, 0.3) is 0 Å². The molecule has 1 fully saturated rings. The minimum absolute atomic E-state index is 0.0406. The van der Waals surface area contributed by atoms with Crippen molar-refractivity contribution in [2.45, 2.75) is 46.3 Å². The number of nitrogens with zero attached hydrogens (tertiary/aromatic N) is 1. The molecule has 29 heavy (non-hydrogen) atoms. The second kappa shape index (κ2) is 8.68. The second-order valence-corrected chi connectivity index (χ2v) is 8.49. The summed E-state index contributed by atoms with van der Waals surface area (Å²) in [5, 5.41) is 14.6. The van der Waals surface area contributed by atoms with Gasteiger partial charge in [0.2, 0.25) is 0 Å². The molecule has 1 saturated heterocycles. The van der Waals surface area contributed by atoms with E-state index in [9.17, 15) is 24.3 Å². The molecule has 0 atom stereocenters. The molecule has 2 heterocycles. The van der Waals surface area contributed by atoms with Crippen LogP contribution in [0.1, 0.15) is 53.3 Å². The molecule has 3 N–H and O–H groups in total. The number of likely N-dealkylation sites (tertiary alicyclic amines) is 1. The lowest BCUT2D eigenvalue weighted by Crippen LogP contribution is -2.62. The van der Waals surface area contributed by atoms with E-state index in [2.05, 4.69) is 10.6 Å². The van der Waals surface area contributed by atoms with Crippen LogP contribution in [0.5, 0.6) is 0 Å². The SMILES string of the molecule is CCOC(=O)c1sc(NC(=O)NC2CN(C(=O)OC(C)(C)C)C2)c(C(=O)O)c1C. The molecule has 1 aromatic rings. The van der Waals surface area contributed by atoms with E-state index >= 15 is 0 Å². The average molecular weight is 427 g/mol. The Kier molecular flexibility index (Phi) is 6.73. The first-order valence-corrected chi connectivity index (χ1v) is 9.83. The van der Waals surface area contributed by atoms with Gasteiger partial charge in [0, 0.05) is 13.1 Å². The molecular formula is C18H25N3O7S. The van der Waals surface area contributed by atoms with E-state index in [0.29, 0.717) is 0 Å². The highest BCUT2D eigenvalue weighted by Gasteiger charge is 2.35. The van der Waals surface area contributed by atoms with Gasteiger partial charge in [0.25, 0.3) is 0 Å². The molecule has 1 aromatic heterocycles. The molecule has 0 aromatic carbocycles. The summed E-state index contributed by atoms with van der Waals surface area (Å²) in [5.74, 6) is -1.90. The Bertz CT molecular complexity index is 822. The molecule has 160 valence electrons. The predicted octanol–water partition coefficient (Wildman–Crippen LogP) is 2.67. The zero-order chi connectivity index (χ0) is 21.9. The van der Waals surface area contributed by atoms with Gasteiger partial charge in [0.05, 0.1) is 18.2 Å². The van der Waals surface area contributed by atoms with E-state index in [1.807, 2.05) is 0 Å². The van der Waals surface area contributed by atoms with E-state index in [1.54, 1.807) is 27.7 Å². The number of carboxylic acid groups (broad SMARTS) is 1. The summed E-state index contributed by atoms with van der Waals surface area (Å²) in [7, 11) is 0. The first-order valence-electron chi connectivity index (χ1n) is 9.02. The van der Waals surface area contributed by atoms with Crippen LogP contribution in [-0.2, 0) is 9.47 Å². The number of esters is 1. The fourth-order valence-electron chi connectivity index (χ4n) is 2.62.